The lowest BCUT2D eigenvalue weighted by atomic mass is 10.1. The van der Waals surface area contributed by atoms with Crippen LogP contribution in [0.25, 0.3) is 0 Å². The molecule has 2 aromatic carbocycles. The molecule has 0 aromatic heterocycles. The zero-order valence-electron chi connectivity index (χ0n) is 17.8. The molecule has 2 amide bonds. The molecule has 0 bridgehead atoms. The van der Waals surface area contributed by atoms with Crippen LogP contribution in [0.3, 0.4) is 0 Å². The van der Waals surface area contributed by atoms with Crippen LogP contribution in [0.5, 0.6) is 0 Å². The van der Waals surface area contributed by atoms with Crippen LogP contribution < -0.4 is 10.6 Å². The number of carbonyl (C=O) groups excluding carboxylic acids is 5. The lowest BCUT2D eigenvalue weighted by molar-refractivity contribution is -0.147. The Morgan fingerprint density at radius 1 is 0.812 bits per heavy atom. The molecule has 0 aliphatic rings. The molecule has 0 fully saturated rings. The van der Waals surface area contributed by atoms with Gasteiger partial charge in [0.1, 0.15) is 0 Å². The van der Waals surface area contributed by atoms with Gasteiger partial charge >= 0.3 is 11.9 Å². The smallest absolute Gasteiger partial charge is 0.337 e. The van der Waals surface area contributed by atoms with Crippen LogP contribution in [-0.2, 0) is 23.9 Å². The van der Waals surface area contributed by atoms with Crippen molar-refractivity contribution < 1.29 is 33.4 Å². The first kappa shape index (κ1) is 24.3. The molecule has 0 aliphatic heterocycles. The van der Waals surface area contributed by atoms with Crippen LogP contribution in [0.1, 0.15) is 46.9 Å². The number of Topliss-reactive ketones (excluding diaryl/α,β-unsaturated/α-hetero) is 1. The Labute approximate surface area is 185 Å². The highest BCUT2D eigenvalue weighted by molar-refractivity contribution is 5.97. The molecule has 2 rings (SSSR count). The van der Waals surface area contributed by atoms with Crippen LogP contribution in [0.4, 0.5) is 11.4 Å². The Morgan fingerprint density at radius 2 is 1.50 bits per heavy atom. The molecule has 9 nitrogen and oxygen atoms in total. The van der Waals surface area contributed by atoms with Crippen LogP contribution in [-0.4, -0.2) is 43.3 Å². The number of hydrogen-bond acceptors (Lipinski definition) is 7. The van der Waals surface area contributed by atoms with Crippen molar-refractivity contribution >= 4 is 40.9 Å². The first-order chi connectivity index (χ1) is 15.3. The van der Waals surface area contributed by atoms with Crippen LogP contribution in [0, 0.1) is 0 Å². The number of anilines is 2. The summed E-state index contributed by atoms with van der Waals surface area (Å²) in [4.78, 5) is 58.4. The first-order valence-corrected chi connectivity index (χ1v) is 9.83. The fraction of sp³-hybridized carbons (Fsp3) is 0.261. The summed E-state index contributed by atoms with van der Waals surface area (Å²) in [5.41, 5.74) is 1.77. The van der Waals surface area contributed by atoms with E-state index in [0.29, 0.717) is 22.5 Å². The van der Waals surface area contributed by atoms with Gasteiger partial charge in [0.05, 0.1) is 12.7 Å². The van der Waals surface area contributed by atoms with Gasteiger partial charge in [-0.15, -0.1) is 0 Å². The van der Waals surface area contributed by atoms with Crippen molar-refractivity contribution in [3.05, 3.63) is 59.7 Å². The molecule has 9 heteroatoms. The molecule has 2 aromatic rings. The number of amides is 2. The number of ketones is 1. The molecule has 0 spiro atoms. The molecule has 168 valence electrons. The van der Waals surface area contributed by atoms with Gasteiger partial charge in [-0.25, -0.2) is 4.79 Å². The Balaban J connectivity index is 1.67. The average molecular weight is 440 g/mol. The second kappa shape index (κ2) is 12.0. The number of rotatable bonds is 10. The number of carbonyl (C=O) groups is 5. The predicted octanol–water partition coefficient (Wildman–Crippen LogP) is 2.97. The van der Waals surface area contributed by atoms with Crippen molar-refractivity contribution in [1.29, 1.82) is 0 Å². The summed E-state index contributed by atoms with van der Waals surface area (Å²) >= 11 is 0. The van der Waals surface area contributed by atoms with E-state index in [1.54, 1.807) is 24.3 Å². The molecule has 32 heavy (non-hydrogen) atoms. The molecule has 0 saturated heterocycles. The fourth-order valence-corrected chi connectivity index (χ4v) is 2.66. The molecular formula is C23H24N2O7. The highest BCUT2D eigenvalue weighted by Crippen LogP contribution is 2.13. The van der Waals surface area contributed by atoms with Gasteiger partial charge in [0.25, 0.3) is 5.91 Å². The third-order valence-corrected chi connectivity index (χ3v) is 4.29. The van der Waals surface area contributed by atoms with Gasteiger partial charge in [0.2, 0.25) is 5.91 Å². The SMILES string of the molecule is COC(=O)c1ccc(NC(=O)COC(=O)CCCC(=O)Nc2cccc(C(C)=O)c2)cc1. The average Bonchev–Trinajstić information content (AvgIpc) is 2.77. The number of methoxy groups -OCH3 is 1. The number of esters is 2. The summed E-state index contributed by atoms with van der Waals surface area (Å²) in [5.74, 6) is -2.03. The number of benzene rings is 2. The third kappa shape index (κ3) is 8.02. The van der Waals surface area contributed by atoms with E-state index in [1.807, 2.05) is 0 Å². The van der Waals surface area contributed by atoms with Crippen molar-refractivity contribution in [2.45, 2.75) is 26.2 Å². The van der Waals surface area contributed by atoms with E-state index < -0.39 is 24.5 Å². The lowest BCUT2D eigenvalue weighted by Crippen LogP contribution is -2.21. The largest absolute Gasteiger partial charge is 0.465 e. The molecule has 0 heterocycles. The molecule has 0 saturated carbocycles. The van der Waals surface area contributed by atoms with Crippen molar-refractivity contribution in [3.63, 3.8) is 0 Å². The maximum Gasteiger partial charge on any atom is 0.337 e. The Morgan fingerprint density at radius 3 is 2.16 bits per heavy atom. The molecule has 0 atom stereocenters. The minimum absolute atomic E-state index is 0.0258. The second-order valence-electron chi connectivity index (χ2n) is 6.82. The van der Waals surface area contributed by atoms with Crippen LogP contribution in [0.15, 0.2) is 48.5 Å². The standard InChI is InChI=1S/C23H24N2O7/c1-15(26)17-5-3-6-19(13-17)25-20(27)7-4-8-22(29)32-14-21(28)24-18-11-9-16(10-12-18)23(30)31-2/h3,5-6,9-13H,4,7-8,14H2,1-2H3,(H,24,28)(H,25,27). The first-order valence-electron chi connectivity index (χ1n) is 9.83. The summed E-state index contributed by atoms with van der Waals surface area (Å²) in [6, 6.07) is 12.6. The molecule has 0 aliphatic carbocycles. The van der Waals surface area contributed by atoms with E-state index in [2.05, 4.69) is 15.4 Å². The summed E-state index contributed by atoms with van der Waals surface area (Å²) in [6.45, 7) is 0.967. The van der Waals surface area contributed by atoms with E-state index in [4.69, 9.17) is 4.74 Å². The summed E-state index contributed by atoms with van der Waals surface area (Å²) in [7, 11) is 1.27. The second-order valence-corrected chi connectivity index (χ2v) is 6.82. The zero-order chi connectivity index (χ0) is 23.5. The fourth-order valence-electron chi connectivity index (χ4n) is 2.66. The maximum atomic E-state index is 12.0. The van der Waals surface area contributed by atoms with E-state index in [9.17, 15) is 24.0 Å². The summed E-state index contributed by atoms with van der Waals surface area (Å²) < 4.78 is 9.49. The molecule has 0 unspecified atom stereocenters. The van der Waals surface area contributed by atoms with Crippen molar-refractivity contribution in [3.8, 4) is 0 Å². The Hall–Kier alpha value is -4.01. The lowest BCUT2D eigenvalue weighted by Gasteiger charge is -2.08. The van der Waals surface area contributed by atoms with E-state index in [0.717, 1.165) is 0 Å². The van der Waals surface area contributed by atoms with Gasteiger partial charge in [-0.2, -0.15) is 0 Å². The quantitative estimate of drug-likeness (QED) is 0.429. The molecule has 2 N–H and O–H groups in total. The number of ether oxygens (including phenoxy) is 2. The van der Waals surface area contributed by atoms with Crippen LogP contribution in [0.2, 0.25) is 0 Å². The zero-order valence-corrected chi connectivity index (χ0v) is 17.8. The number of nitrogens with one attached hydrogen (secondary N) is 2. The van der Waals surface area contributed by atoms with Crippen LogP contribution >= 0.6 is 0 Å². The van der Waals surface area contributed by atoms with Gasteiger partial charge in [-0.05, 0) is 49.7 Å². The van der Waals surface area contributed by atoms with E-state index in [1.165, 1.54) is 38.3 Å². The topological polar surface area (TPSA) is 128 Å². The highest BCUT2D eigenvalue weighted by atomic mass is 16.5. The van der Waals surface area contributed by atoms with Gasteiger partial charge in [0, 0.05) is 29.8 Å². The van der Waals surface area contributed by atoms with E-state index in [-0.39, 0.29) is 31.0 Å². The van der Waals surface area contributed by atoms with Crippen molar-refractivity contribution in [2.24, 2.45) is 0 Å². The molecule has 0 radical (unpaired) electrons. The molecular weight excluding hydrogens is 416 g/mol. The Kier molecular flexibility index (Phi) is 9.09. The number of hydrogen-bond donors (Lipinski definition) is 2. The summed E-state index contributed by atoms with van der Waals surface area (Å²) in [5, 5.41) is 5.21. The van der Waals surface area contributed by atoms with Crippen molar-refractivity contribution in [2.75, 3.05) is 24.4 Å². The highest BCUT2D eigenvalue weighted by Gasteiger charge is 2.11. The third-order valence-electron chi connectivity index (χ3n) is 4.29. The van der Waals surface area contributed by atoms with E-state index >= 15 is 0 Å². The van der Waals surface area contributed by atoms with Gasteiger partial charge in [0.15, 0.2) is 12.4 Å². The minimum Gasteiger partial charge on any atom is -0.465 e. The minimum atomic E-state index is -0.604. The van der Waals surface area contributed by atoms with Gasteiger partial charge < -0.3 is 20.1 Å². The van der Waals surface area contributed by atoms with Crippen molar-refractivity contribution in [1.82, 2.24) is 0 Å². The monoisotopic (exact) mass is 440 g/mol. The van der Waals surface area contributed by atoms with Gasteiger partial charge in [-0.3, -0.25) is 19.2 Å². The Bertz CT molecular complexity index is 1000. The maximum absolute atomic E-state index is 12.0. The van der Waals surface area contributed by atoms with Gasteiger partial charge in [-0.1, -0.05) is 12.1 Å². The normalized spacial score (nSPS) is 10.1. The summed E-state index contributed by atoms with van der Waals surface area (Å²) in [6.07, 6.45) is 0.299. The predicted molar refractivity (Wildman–Crippen MR) is 116 cm³/mol.